The third-order valence-corrected chi connectivity index (χ3v) is 2.98. The number of hydrogen-bond donors (Lipinski definition) is 1. The quantitative estimate of drug-likeness (QED) is 0.827. The second kappa shape index (κ2) is 7.38. The molecule has 5 heteroatoms. The first-order valence-corrected chi connectivity index (χ1v) is 6.97. The van der Waals surface area contributed by atoms with Gasteiger partial charge >= 0.3 is 5.97 Å². The van der Waals surface area contributed by atoms with Crippen LogP contribution in [0.5, 0.6) is 0 Å². The van der Waals surface area contributed by atoms with Crippen molar-refractivity contribution in [2.75, 3.05) is 18.5 Å². The van der Waals surface area contributed by atoms with Crippen LogP contribution in [0.2, 0.25) is 0 Å². The van der Waals surface area contributed by atoms with Crippen molar-refractivity contribution < 1.29 is 9.53 Å². The van der Waals surface area contributed by atoms with Crippen molar-refractivity contribution in [3.05, 3.63) is 53.3 Å². The lowest BCUT2D eigenvalue weighted by Gasteiger charge is -2.06. The predicted molar refractivity (Wildman–Crippen MR) is 81.4 cm³/mol. The number of nitrogens with zero attached hydrogens (tertiary/aromatic N) is 2. The molecule has 2 aromatic rings. The van der Waals surface area contributed by atoms with Crippen molar-refractivity contribution in [1.29, 1.82) is 0 Å². The lowest BCUT2D eigenvalue weighted by Crippen LogP contribution is -2.10. The van der Waals surface area contributed by atoms with Crippen LogP contribution < -0.4 is 5.32 Å². The number of benzene rings is 1. The summed E-state index contributed by atoms with van der Waals surface area (Å²) in [5.74, 6) is 0.110. The van der Waals surface area contributed by atoms with Crippen LogP contribution in [0.15, 0.2) is 36.7 Å². The number of carbonyl (C=O) groups excluding carboxylic acids is 1. The van der Waals surface area contributed by atoms with Gasteiger partial charge in [-0.3, -0.25) is 0 Å². The maximum absolute atomic E-state index is 11.5. The number of aryl methyl sites for hydroxylation is 1. The molecule has 0 aliphatic heterocycles. The summed E-state index contributed by atoms with van der Waals surface area (Å²) >= 11 is 0. The van der Waals surface area contributed by atoms with Gasteiger partial charge in [-0.1, -0.05) is 29.8 Å². The normalized spacial score (nSPS) is 10.2. The molecular formula is C16H19N3O2. The highest BCUT2D eigenvalue weighted by molar-refractivity contribution is 5.88. The number of aromatic nitrogens is 2. The van der Waals surface area contributed by atoms with E-state index in [9.17, 15) is 4.79 Å². The molecule has 1 aromatic carbocycles. The molecule has 2 rings (SSSR count). The Bertz CT molecular complexity index is 579. The van der Waals surface area contributed by atoms with E-state index in [1.54, 1.807) is 6.92 Å². The minimum Gasteiger partial charge on any atom is -0.462 e. The summed E-state index contributed by atoms with van der Waals surface area (Å²) < 4.78 is 4.88. The molecule has 0 unspecified atom stereocenters. The van der Waals surface area contributed by atoms with E-state index in [0.29, 0.717) is 18.1 Å². The van der Waals surface area contributed by atoms with Crippen LogP contribution in [0, 0.1) is 6.92 Å². The van der Waals surface area contributed by atoms with Crippen molar-refractivity contribution in [2.45, 2.75) is 20.3 Å². The number of hydrogen-bond acceptors (Lipinski definition) is 5. The van der Waals surface area contributed by atoms with E-state index in [4.69, 9.17) is 4.74 Å². The Labute approximate surface area is 124 Å². The minimum absolute atomic E-state index is 0.343. The molecule has 1 N–H and O–H groups in total. The number of carbonyl (C=O) groups is 1. The number of ether oxygens (including phenoxy) is 1. The largest absolute Gasteiger partial charge is 0.462 e. The summed E-state index contributed by atoms with van der Waals surface area (Å²) in [7, 11) is 0. The molecule has 0 aliphatic carbocycles. The fourth-order valence-corrected chi connectivity index (χ4v) is 1.81. The zero-order valence-electron chi connectivity index (χ0n) is 12.3. The summed E-state index contributed by atoms with van der Waals surface area (Å²) in [5.41, 5.74) is 2.88. The van der Waals surface area contributed by atoms with Crippen LogP contribution in [0.25, 0.3) is 0 Å². The Hall–Kier alpha value is -2.43. The molecule has 0 spiro atoms. The van der Waals surface area contributed by atoms with Crippen molar-refractivity contribution in [1.82, 2.24) is 9.97 Å². The highest BCUT2D eigenvalue weighted by atomic mass is 16.5. The topological polar surface area (TPSA) is 64.1 Å². The van der Waals surface area contributed by atoms with Gasteiger partial charge in [-0.25, -0.2) is 14.8 Å². The molecule has 0 atom stereocenters. The van der Waals surface area contributed by atoms with E-state index >= 15 is 0 Å². The van der Waals surface area contributed by atoms with E-state index in [-0.39, 0.29) is 0 Å². The lowest BCUT2D eigenvalue weighted by molar-refractivity contribution is 0.0525. The van der Waals surface area contributed by atoms with Gasteiger partial charge < -0.3 is 10.1 Å². The van der Waals surface area contributed by atoms with Crippen LogP contribution in [-0.2, 0) is 11.2 Å². The summed E-state index contributed by atoms with van der Waals surface area (Å²) in [6.07, 6.45) is 3.83. The molecule has 5 nitrogen and oxygen atoms in total. The van der Waals surface area contributed by atoms with Gasteiger partial charge in [0, 0.05) is 18.9 Å². The van der Waals surface area contributed by atoms with E-state index < -0.39 is 5.97 Å². The Morgan fingerprint density at radius 2 is 1.86 bits per heavy atom. The molecular weight excluding hydrogens is 266 g/mol. The summed E-state index contributed by atoms with van der Waals surface area (Å²) in [4.78, 5) is 19.7. The zero-order valence-corrected chi connectivity index (χ0v) is 12.3. The van der Waals surface area contributed by atoms with Gasteiger partial charge in [0.25, 0.3) is 0 Å². The molecule has 0 radical (unpaired) electrons. The average Bonchev–Trinajstić information content (AvgIpc) is 2.50. The van der Waals surface area contributed by atoms with Crippen LogP contribution in [0.1, 0.15) is 28.4 Å². The van der Waals surface area contributed by atoms with Crippen molar-refractivity contribution in [2.24, 2.45) is 0 Å². The predicted octanol–water partition coefficient (Wildman–Crippen LogP) is 2.62. The van der Waals surface area contributed by atoms with Crippen molar-refractivity contribution >= 4 is 11.9 Å². The SMILES string of the molecule is CCOC(=O)c1cnc(NCCc2ccc(C)cc2)nc1. The van der Waals surface area contributed by atoms with Crippen molar-refractivity contribution in [3.8, 4) is 0 Å². The molecule has 0 amide bonds. The van der Waals surface area contributed by atoms with Gasteiger partial charge in [0.2, 0.25) is 5.95 Å². The first kappa shape index (κ1) is 15.0. The molecule has 0 fully saturated rings. The average molecular weight is 285 g/mol. The first-order valence-electron chi connectivity index (χ1n) is 6.97. The van der Waals surface area contributed by atoms with Crippen LogP contribution in [-0.4, -0.2) is 29.1 Å². The third-order valence-electron chi connectivity index (χ3n) is 2.98. The van der Waals surface area contributed by atoms with Gasteiger partial charge in [-0.2, -0.15) is 0 Å². The Kier molecular flexibility index (Phi) is 5.26. The molecule has 0 aliphatic rings. The molecule has 0 saturated carbocycles. The van der Waals surface area contributed by atoms with Crippen LogP contribution in [0.3, 0.4) is 0 Å². The number of anilines is 1. The molecule has 1 aromatic heterocycles. The molecule has 110 valence electrons. The van der Waals surface area contributed by atoms with E-state index in [0.717, 1.165) is 13.0 Å². The van der Waals surface area contributed by atoms with E-state index in [1.807, 2.05) is 0 Å². The Morgan fingerprint density at radius 3 is 2.48 bits per heavy atom. The Morgan fingerprint density at radius 1 is 1.19 bits per heavy atom. The minimum atomic E-state index is -0.399. The number of esters is 1. The number of nitrogens with one attached hydrogen (secondary N) is 1. The third kappa shape index (κ3) is 4.56. The van der Waals surface area contributed by atoms with Crippen LogP contribution >= 0.6 is 0 Å². The highest BCUT2D eigenvalue weighted by Crippen LogP contribution is 2.05. The summed E-state index contributed by atoms with van der Waals surface area (Å²) in [5, 5.41) is 3.13. The van der Waals surface area contributed by atoms with Gasteiger partial charge in [-0.05, 0) is 25.8 Å². The van der Waals surface area contributed by atoms with E-state index in [2.05, 4.69) is 46.5 Å². The van der Waals surface area contributed by atoms with Crippen LogP contribution in [0.4, 0.5) is 5.95 Å². The van der Waals surface area contributed by atoms with Gasteiger partial charge in [0.15, 0.2) is 0 Å². The highest BCUT2D eigenvalue weighted by Gasteiger charge is 2.07. The molecule has 1 heterocycles. The molecule has 0 bridgehead atoms. The molecule has 21 heavy (non-hydrogen) atoms. The van der Waals surface area contributed by atoms with Gasteiger partial charge in [0.1, 0.15) is 0 Å². The summed E-state index contributed by atoms with van der Waals surface area (Å²) in [6, 6.07) is 8.42. The Balaban J connectivity index is 1.83. The maximum Gasteiger partial charge on any atom is 0.341 e. The van der Waals surface area contributed by atoms with E-state index in [1.165, 1.54) is 23.5 Å². The monoisotopic (exact) mass is 285 g/mol. The lowest BCUT2D eigenvalue weighted by atomic mass is 10.1. The smallest absolute Gasteiger partial charge is 0.341 e. The van der Waals surface area contributed by atoms with Crippen molar-refractivity contribution in [3.63, 3.8) is 0 Å². The summed E-state index contributed by atoms with van der Waals surface area (Å²) in [6.45, 7) is 4.91. The zero-order chi connectivity index (χ0) is 15.1. The standard InChI is InChI=1S/C16H19N3O2/c1-3-21-15(20)14-10-18-16(19-11-14)17-9-8-13-6-4-12(2)5-7-13/h4-7,10-11H,3,8-9H2,1-2H3,(H,17,18,19). The van der Waals surface area contributed by atoms with Gasteiger partial charge in [0.05, 0.1) is 12.2 Å². The first-order chi connectivity index (χ1) is 10.2. The fraction of sp³-hybridized carbons (Fsp3) is 0.312. The second-order valence-electron chi connectivity index (χ2n) is 4.68. The van der Waals surface area contributed by atoms with Gasteiger partial charge in [-0.15, -0.1) is 0 Å². The molecule has 0 saturated heterocycles. The number of rotatable bonds is 6. The maximum atomic E-state index is 11.5. The second-order valence-corrected chi connectivity index (χ2v) is 4.68. The fourth-order valence-electron chi connectivity index (χ4n) is 1.81.